The minimum Gasteiger partial charge on any atom is -0.491 e. The summed E-state index contributed by atoms with van der Waals surface area (Å²) in [4.78, 5) is 15.4. The number of carbonyl (C=O) groups is 1. The first-order valence-electron chi connectivity index (χ1n) is 14.5. The number of aromatic nitrogens is 2. The van der Waals surface area contributed by atoms with Crippen LogP contribution in [0.15, 0.2) is 68.1 Å². The fourth-order valence-electron chi connectivity index (χ4n) is 5.60. The summed E-state index contributed by atoms with van der Waals surface area (Å²) in [6, 6.07) is 18.1. The highest BCUT2D eigenvalue weighted by Gasteiger charge is 2.22. The smallest absolute Gasteiger partial charge is 0.289 e. The zero-order chi connectivity index (χ0) is 29.9. The Kier molecular flexibility index (Phi) is 8.16. The van der Waals surface area contributed by atoms with Crippen LogP contribution in [0, 0.1) is 27.7 Å². The molecule has 0 atom stereocenters. The van der Waals surface area contributed by atoms with Crippen molar-refractivity contribution in [1.82, 2.24) is 15.2 Å². The maximum absolute atomic E-state index is 13.7. The van der Waals surface area contributed by atoms with Crippen LogP contribution in [0.1, 0.15) is 61.5 Å². The van der Waals surface area contributed by atoms with Crippen LogP contribution in [0.25, 0.3) is 11.1 Å². The summed E-state index contributed by atoms with van der Waals surface area (Å²) >= 11 is 0. The molecule has 9 nitrogen and oxygen atoms in total. The van der Waals surface area contributed by atoms with Crippen molar-refractivity contribution in [2.75, 3.05) is 26.4 Å². The van der Waals surface area contributed by atoms with Crippen LogP contribution in [0.3, 0.4) is 0 Å². The topological polar surface area (TPSA) is 104 Å². The number of carbonyl (C=O) groups excluding carboxylic acids is 1. The van der Waals surface area contributed by atoms with E-state index in [1.165, 1.54) is 0 Å². The molecule has 0 aliphatic carbocycles. The molecule has 0 N–H and O–H groups in total. The van der Waals surface area contributed by atoms with E-state index in [0.29, 0.717) is 57.3 Å². The number of fused-ring (bicyclic) bond motifs is 3. The number of hydrogen-bond acceptors (Lipinski definition) is 8. The molecule has 2 aromatic carbocycles. The van der Waals surface area contributed by atoms with Crippen molar-refractivity contribution in [3.63, 3.8) is 0 Å². The van der Waals surface area contributed by atoms with Gasteiger partial charge in [0.2, 0.25) is 0 Å². The molecule has 43 heavy (non-hydrogen) atoms. The van der Waals surface area contributed by atoms with E-state index in [1.54, 1.807) is 11.0 Å². The van der Waals surface area contributed by atoms with Crippen molar-refractivity contribution in [2.24, 2.45) is 0 Å². The fourth-order valence-corrected chi connectivity index (χ4v) is 5.60. The van der Waals surface area contributed by atoms with Crippen molar-refractivity contribution in [1.29, 1.82) is 0 Å². The van der Waals surface area contributed by atoms with Crippen molar-refractivity contribution in [3.8, 4) is 16.9 Å². The van der Waals surface area contributed by atoms with Crippen LogP contribution in [-0.2, 0) is 24.1 Å². The van der Waals surface area contributed by atoms with Crippen LogP contribution in [0.2, 0.25) is 0 Å². The number of furan rings is 1. The molecule has 2 bridgehead atoms. The largest absolute Gasteiger partial charge is 0.491 e. The molecule has 0 fully saturated rings. The van der Waals surface area contributed by atoms with E-state index in [2.05, 4.69) is 28.5 Å². The average molecular weight is 582 g/mol. The van der Waals surface area contributed by atoms with Gasteiger partial charge in [0, 0.05) is 37.1 Å². The lowest BCUT2D eigenvalue weighted by molar-refractivity contribution is 0.0546. The molecule has 0 spiro atoms. The van der Waals surface area contributed by atoms with Gasteiger partial charge in [-0.25, -0.2) is 0 Å². The van der Waals surface area contributed by atoms with Crippen molar-refractivity contribution < 1.29 is 27.7 Å². The van der Waals surface area contributed by atoms with Gasteiger partial charge in [0.05, 0.1) is 24.6 Å². The molecular weight excluding hydrogens is 546 g/mol. The predicted molar refractivity (Wildman–Crippen MR) is 159 cm³/mol. The van der Waals surface area contributed by atoms with E-state index in [4.69, 9.17) is 22.9 Å². The Morgan fingerprint density at radius 1 is 0.860 bits per heavy atom. The zero-order valence-corrected chi connectivity index (χ0v) is 24.9. The number of hydrogen-bond donors (Lipinski definition) is 0. The first-order valence-corrected chi connectivity index (χ1v) is 14.5. The minimum absolute atomic E-state index is 0.184. The lowest BCUT2D eigenvalue weighted by Gasteiger charge is -2.23. The Morgan fingerprint density at radius 2 is 1.67 bits per heavy atom. The summed E-state index contributed by atoms with van der Waals surface area (Å²) in [6.07, 6.45) is 1.18. The minimum atomic E-state index is -0.184. The van der Waals surface area contributed by atoms with E-state index >= 15 is 0 Å². The van der Waals surface area contributed by atoms with E-state index in [0.717, 1.165) is 62.0 Å². The summed E-state index contributed by atoms with van der Waals surface area (Å²) in [5.41, 5.74) is 7.89. The third-order valence-corrected chi connectivity index (χ3v) is 7.82. The molecule has 1 amide bonds. The second-order valence-electron chi connectivity index (χ2n) is 11.0. The van der Waals surface area contributed by atoms with Gasteiger partial charge in [0.15, 0.2) is 5.76 Å². The van der Waals surface area contributed by atoms with Gasteiger partial charge in [-0.3, -0.25) is 4.79 Å². The quantitative estimate of drug-likeness (QED) is 0.241. The van der Waals surface area contributed by atoms with Gasteiger partial charge in [-0.2, -0.15) is 0 Å². The number of aryl methyl sites for hydroxylation is 4. The molecule has 0 radical (unpaired) electrons. The molecule has 5 aromatic rings. The van der Waals surface area contributed by atoms with Gasteiger partial charge >= 0.3 is 0 Å². The van der Waals surface area contributed by atoms with Crippen molar-refractivity contribution in [2.45, 2.75) is 47.1 Å². The molecule has 3 aromatic heterocycles. The Morgan fingerprint density at radius 3 is 2.47 bits per heavy atom. The molecule has 0 saturated carbocycles. The lowest BCUT2D eigenvalue weighted by Crippen LogP contribution is -2.33. The molecule has 222 valence electrons. The molecule has 0 unspecified atom stereocenters. The number of amides is 1. The summed E-state index contributed by atoms with van der Waals surface area (Å²) in [7, 11) is 0. The molecule has 4 heterocycles. The lowest BCUT2D eigenvalue weighted by atomic mass is 9.96. The molecule has 1 aliphatic rings. The third kappa shape index (κ3) is 6.27. The third-order valence-electron chi connectivity index (χ3n) is 7.82. The Labute approximate surface area is 250 Å². The Bertz CT molecular complexity index is 1710. The maximum atomic E-state index is 13.7. The van der Waals surface area contributed by atoms with E-state index in [9.17, 15) is 4.79 Å². The number of rotatable bonds is 4. The Balaban J connectivity index is 1.25. The average Bonchev–Trinajstić information content (AvgIpc) is 3.69. The summed E-state index contributed by atoms with van der Waals surface area (Å²) in [6.45, 7) is 9.67. The first kappa shape index (κ1) is 28.5. The van der Waals surface area contributed by atoms with E-state index < -0.39 is 0 Å². The number of ether oxygens (including phenoxy) is 2. The summed E-state index contributed by atoms with van der Waals surface area (Å²) < 4.78 is 28.8. The van der Waals surface area contributed by atoms with Gasteiger partial charge in [-0.1, -0.05) is 40.6 Å². The zero-order valence-electron chi connectivity index (χ0n) is 24.9. The molecule has 6 rings (SSSR count). The standard InChI is InChI=1S/C34H35N3O6/c1-21-30(23(3)42-35-21)19-29-9-11-32(41-29)34(38)37-12-13-39-14-15-40-31-10-8-27(33-22(2)36-43-24(33)4)18-28(31)17-25-6-5-7-26(16-25)20-37/h5-11,16,18H,12-15,17,19-20H2,1-4H3. The highest BCUT2D eigenvalue weighted by atomic mass is 16.5. The van der Waals surface area contributed by atoms with Crippen LogP contribution in [0.4, 0.5) is 0 Å². The summed E-state index contributed by atoms with van der Waals surface area (Å²) in [5, 5.41) is 8.14. The maximum Gasteiger partial charge on any atom is 0.289 e. The van der Waals surface area contributed by atoms with E-state index in [-0.39, 0.29) is 5.91 Å². The SMILES string of the molecule is Cc1noc(C)c1Cc1ccc(C(=O)N2CCOCCOc3ccc(-c4c(C)noc4C)cc3Cc3cccc(c3)C2)o1. The number of benzene rings is 2. The molecular formula is C34H35N3O6. The summed E-state index contributed by atoms with van der Waals surface area (Å²) in [5.74, 6) is 3.15. The fraction of sp³-hybridized carbons (Fsp3) is 0.324. The van der Waals surface area contributed by atoms with Crippen LogP contribution in [-0.4, -0.2) is 47.5 Å². The second kappa shape index (κ2) is 12.3. The second-order valence-corrected chi connectivity index (χ2v) is 11.0. The Hall–Kier alpha value is -4.63. The van der Waals surface area contributed by atoms with Gasteiger partial charge < -0.3 is 27.8 Å². The van der Waals surface area contributed by atoms with Gasteiger partial charge in [-0.05, 0) is 74.2 Å². The highest BCUT2D eigenvalue weighted by Crippen LogP contribution is 2.32. The normalized spacial score (nSPS) is 14.2. The van der Waals surface area contributed by atoms with Crippen molar-refractivity contribution >= 4 is 5.91 Å². The van der Waals surface area contributed by atoms with Gasteiger partial charge in [0.25, 0.3) is 5.91 Å². The van der Waals surface area contributed by atoms with Crippen LogP contribution < -0.4 is 4.74 Å². The van der Waals surface area contributed by atoms with Gasteiger partial charge in [-0.15, -0.1) is 0 Å². The van der Waals surface area contributed by atoms with E-state index in [1.807, 2.05) is 58.0 Å². The van der Waals surface area contributed by atoms with Crippen LogP contribution in [0.5, 0.6) is 5.75 Å². The molecule has 9 heteroatoms. The number of nitrogens with zero attached hydrogens (tertiary/aromatic N) is 3. The predicted octanol–water partition coefficient (Wildman–Crippen LogP) is 6.39. The molecule has 1 aliphatic heterocycles. The highest BCUT2D eigenvalue weighted by molar-refractivity contribution is 5.91. The molecule has 0 saturated heterocycles. The van der Waals surface area contributed by atoms with Gasteiger partial charge in [0.1, 0.15) is 29.6 Å². The van der Waals surface area contributed by atoms with Crippen molar-refractivity contribution in [3.05, 3.63) is 111 Å². The first-order chi connectivity index (χ1) is 20.9. The monoisotopic (exact) mass is 581 g/mol. The van der Waals surface area contributed by atoms with Crippen LogP contribution >= 0.6 is 0 Å².